The van der Waals surface area contributed by atoms with Crippen LogP contribution in [-0.2, 0) is 14.3 Å². The minimum absolute atomic E-state index is 0.0688. The highest BCUT2D eigenvalue weighted by molar-refractivity contribution is 6.39. The lowest BCUT2D eigenvalue weighted by atomic mass is 10.0. The molecule has 0 bridgehead atoms. The van der Waals surface area contributed by atoms with Crippen LogP contribution in [0.2, 0.25) is 10.0 Å². The molecule has 0 radical (unpaired) electrons. The van der Waals surface area contributed by atoms with Gasteiger partial charge in [0.05, 0.1) is 15.6 Å². The summed E-state index contributed by atoms with van der Waals surface area (Å²) in [5.41, 5.74) is 3.16. The molecule has 1 unspecified atom stereocenters. The Bertz CT molecular complexity index is 1250. The molecule has 1 saturated heterocycles. The van der Waals surface area contributed by atoms with E-state index in [1.807, 2.05) is 24.3 Å². The molecule has 1 amide bonds. The molecular formula is C25H17Cl2FN2O3. The van der Waals surface area contributed by atoms with Crippen LogP contribution in [-0.4, -0.2) is 36.2 Å². The average molecular weight is 483 g/mol. The van der Waals surface area contributed by atoms with Crippen molar-refractivity contribution < 1.29 is 18.7 Å². The van der Waals surface area contributed by atoms with E-state index in [4.69, 9.17) is 32.7 Å². The Hall–Kier alpha value is -3.35. The molecule has 5 nitrogen and oxygen atoms in total. The molecule has 5 rings (SSSR count). The maximum atomic E-state index is 13.1. The lowest BCUT2D eigenvalue weighted by Crippen LogP contribution is -2.36. The second-order valence-electron chi connectivity index (χ2n) is 7.51. The van der Waals surface area contributed by atoms with E-state index in [1.54, 1.807) is 36.4 Å². The maximum Gasteiger partial charge on any atom is 0.293 e. The minimum Gasteiger partial charge on any atom is -0.473 e. The molecule has 8 heteroatoms. The minimum atomic E-state index is -0.536. The van der Waals surface area contributed by atoms with Crippen molar-refractivity contribution in [1.82, 2.24) is 4.90 Å². The first kappa shape index (κ1) is 21.5. The molecule has 3 aromatic carbocycles. The van der Waals surface area contributed by atoms with Gasteiger partial charge < -0.3 is 9.47 Å². The van der Waals surface area contributed by atoms with Gasteiger partial charge in [-0.3, -0.25) is 9.69 Å². The first-order valence-electron chi connectivity index (χ1n) is 10.2. The third-order valence-corrected chi connectivity index (χ3v) is 6.02. The molecule has 0 spiro atoms. The normalized spacial score (nSPS) is 18.9. The van der Waals surface area contributed by atoms with Crippen LogP contribution in [0.15, 0.2) is 77.5 Å². The van der Waals surface area contributed by atoms with Gasteiger partial charge in [0.1, 0.15) is 12.4 Å². The van der Waals surface area contributed by atoms with Gasteiger partial charge in [-0.1, -0.05) is 65.7 Å². The van der Waals surface area contributed by atoms with Gasteiger partial charge >= 0.3 is 0 Å². The standard InChI is InChI=1S/C25H17Cl2FN2O3/c26-19-2-1-3-20(27)23(19)24-29-22(13-32-24)30-14-33-21(25(30)31)12-15-4-6-16(7-5-15)17-8-10-18(28)11-9-17/h1-12,22H,13-14H2/b21-12-. The number of hydrogen-bond donors (Lipinski definition) is 0. The number of nitrogens with zero attached hydrogens (tertiary/aromatic N) is 2. The average Bonchev–Trinajstić information content (AvgIpc) is 3.42. The molecule has 1 atom stereocenters. The van der Waals surface area contributed by atoms with E-state index in [0.29, 0.717) is 21.5 Å². The van der Waals surface area contributed by atoms with E-state index in [1.165, 1.54) is 17.0 Å². The van der Waals surface area contributed by atoms with Crippen LogP contribution in [0.1, 0.15) is 11.1 Å². The van der Waals surface area contributed by atoms with Crippen LogP contribution >= 0.6 is 23.2 Å². The number of carbonyl (C=O) groups excluding carboxylic acids is 1. The molecule has 166 valence electrons. The van der Waals surface area contributed by atoms with Gasteiger partial charge in [-0.25, -0.2) is 9.38 Å². The Morgan fingerprint density at radius 2 is 1.58 bits per heavy atom. The lowest BCUT2D eigenvalue weighted by molar-refractivity contribution is -0.126. The zero-order chi connectivity index (χ0) is 22.9. The van der Waals surface area contributed by atoms with Crippen LogP contribution in [0.25, 0.3) is 17.2 Å². The molecule has 33 heavy (non-hydrogen) atoms. The lowest BCUT2D eigenvalue weighted by Gasteiger charge is -2.15. The number of amides is 1. The van der Waals surface area contributed by atoms with Crippen LogP contribution in [0.5, 0.6) is 0 Å². The van der Waals surface area contributed by atoms with Crippen LogP contribution in [0.3, 0.4) is 0 Å². The molecule has 2 heterocycles. The van der Waals surface area contributed by atoms with Gasteiger partial charge in [-0.05, 0) is 47.0 Å². The molecule has 0 saturated carbocycles. The molecule has 0 aromatic heterocycles. The van der Waals surface area contributed by atoms with Gasteiger partial charge in [-0.2, -0.15) is 0 Å². The van der Waals surface area contributed by atoms with E-state index < -0.39 is 6.17 Å². The zero-order valence-corrected chi connectivity index (χ0v) is 18.7. The van der Waals surface area contributed by atoms with Crippen LogP contribution in [0.4, 0.5) is 4.39 Å². The van der Waals surface area contributed by atoms with Crippen molar-refractivity contribution in [3.8, 4) is 11.1 Å². The predicted octanol–water partition coefficient (Wildman–Crippen LogP) is 5.76. The molecule has 0 N–H and O–H groups in total. The summed E-state index contributed by atoms with van der Waals surface area (Å²) in [7, 11) is 0. The summed E-state index contributed by atoms with van der Waals surface area (Å²) in [6, 6.07) is 19.0. The van der Waals surface area contributed by atoms with Crippen LogP contribution in [0, 0.1) is 5.82 Å². The number of rotatable bonds is 4. The highest BCUT2D eigenvalue weighted by Gasteiger charge is 2.37. The van der Waals surface area contributed by atoms with Gasteiger partial charge in [0.25, 0.3) is 5.91 Å². The highest BCUT2D eigenvalue weighted by atomic mass is 35.5. The smallest absolute Gasteiger partial charge is 0.293 e. The largest absolute Gasteiger partial charge is 0.473 e. The van der Waals surface area contributed by atoms with Crippen molar-refractivity contribution in [2.24, 2.45) is 4.99 Å². The second kappa shape index (κ2) is 8.89. The fraction of sp³-hybridized carbons (Fsp3) is 0.120. The monoisotopic (exact) mass is 482 g/mol. The number of benzene rings is 3. The van der Waals surface area contributed by atoms with Crippen molar-refractivity contribution in [3.05, 3.63) is 99.5 Å². The Morgan fingerprint density at radius 1 is 0.939 bits per heavy atom. The van der Waals surface area contributed by atoms with Gasteiger partial charge in [0.2, 0.25) is 5.90 Å². The molecule has 3 aromatic rings. The molecular weight excluding hydrogens is 466 g/mol. The van der Waals surface area contributed by atoms with Gasteiger partial charge in [0.15, 0.2) is 18.7 Å². The third-order valence-electron chi connectivity index (χ3n) is 5.39. The Balaban J connectivity index is 1.31. The fourth-order valence-electron chi connectivity index (χ4n) is 3.65. The number of halogens is 3. The fourth-order valence-corrected chi connectivity index (χ4v) is 4.21. The van der Waals surface area contributed by atoms with E-state index in [-0.39, 0.29) is 30.8 Å². The molecule has 2 aliphatic rings. The summed E-state index contributed by atoms with van der Waals surface area (Å²) in [5, 5.41) is 0.853. The SMILES string of the molecule is O=C1/C(=C/c2ccc(-c3ccc(F)cc3)cc2)OCN1C1COC(c2c(Cl)cccc2Cl)=N1. The van der Waals surface area contributed by atoms with E-state index in [9.17, 15) is 9.18 Å². The summed E-state index contributed by atoms with van der Waals surface area (Å²) in [6.07, 6.45) is 1.15. The van der Waals surface area contributed by atoms with Crippen molar-refractivity contribution in [2.75, 3.05) is 13.3 Å². The molecule has 2 aliphatic heterocycles. The van der Waals surface area contributed by atoms with E-state index >= 15 is 0 Å². The second-order valence-corrected chi connectivity index (χ2v) is 8.32. The zero-order valence-electron chi connectivity index (χ0n) is 17.2. The number of ether oxygens (including phenoxy) is 2. The predicted molar refractivity (Wildman–Crippen MR) is 125 cm³/mol. The summed E-state index contributed by atoms with van der Waals surface area (Å²) in [6.45, 7) is 0.255. The first-order chi connectivity index (χ1) is 16.0. The van der Waals surface area contributed by atoms with Crippen LogP contribution < -0.4 is 0 Å². The summed E-state index contributed by atoms with van der Waals surface area (Å²) < 4.78 is 24.4. The first-order valence-corrected chi connectivity index (χ1v) is 10.9. The number of hydrogen-bond acceptors (Lipinski definition) is 4. The molecule has 1 fully saturated rings. The summed E-state index contributed by atoms with van der Waals surface area (Å²) >= 11 is 12.5. The number of aliphatic imine (C=N–C) groups is 1. The highest BCUT2D eigenvalue weighted by Crippen LogP contribution is 2.30. The van der Waals surface area contributed by atoms with E-state index in [0.717, 1.165) is 16.7 Å². The van der Waals surface area contributed by atoms with Gasteiger partial charge in [0, 0.05) is 0 Å². The van der Waals surface area contributed by atoms with Gasteiger partial charge in [-0.15, -0.1) is 0 Å². The third kappa shape index (κ3) is 4.32. The van der Waals surface area contributed by atoms with Crippen molar-refractivity contribution in [3.63, 3.8) is 0 Å². The van der Waals surface area contributed by atoms with Crippen molar-refractivity contribution in [1.29, 1.82) is 0 Å². The van der Waals surface area contributed by atoms with E-state index in [2.05, 4.69) is 4.99 Å². The quantitative estimate of drug-likeness (QED) is 0.444. The number of carbonyl (C=O) groups is 1. The van der Waals surface area contributed by atoms with Crippen molar-refractivity contribution in [2.45, 2.75) is 6.17 Å². The topological polar surface area (TPSA) is 51.1 Å². The Labute approximate surface area is 199 Å². The Kier molecular flexibility index (Phi) is 5.79. The summed E-state index contributed by atoms with van der Waals surface area (Å²) in [5.74, 6) is -0.0247. The van der Waals surface area contributed by atoms with Crippen molar-refractivity contribution >= 4 is 41.1 Å². The summed E-state index contributed by atoms with van der Waals surface area (Å²) in [4.78, 5) is 18.9. The maximum absolute atomic E-state index is 13.1. The Morgan fingerprint density at radius 3 is 2.24 bits per heavy atom. The molecule has 0 aliphatic carbocycles.